The van der Waals surface area contributed by atoms with Crippen molar-refractivity contribution in [3.05, 3.63) is 66.3 Å². The molecule has 1 aliphatic rings. The first-order valence-electron chi connectivity index (χ1n) is 15.0. The van der Waals surface area contributed by atoms with Crippen LogP contribution in [0.15, 0.2) is 66.2 Å². The Bertz CT molecular complexity index is 1930. The molecular weight excluding hydrogens is 714 g/mol. The Kier molecular flexibility index (Phi) is 12.4. The summed E-state index contributed by atoms with van der Waals surface area (Å²) in [6, 6.07) is 8.43. The van der Waals surface area contributed by atoms with E-state index in [1.807, 2.05) is 0 Å². The van der Waals surface area contributed by atoms with Gasteiger partial charge in [0.2, 0.25) is 5.75 Å². The van der Waals surface area contributed by atoms with Crippen LogP contribution in [0.2, 0.25) is 5.02 Å². The second kappa shape index (κ2) is 17.3. The molecule has 2 N–H and O–H groups in total. The van der Waals surface area contributed by atoms with Crippen LogP contribution in [0.3, 0.4) is 0 Å². The summed E-state index contributed by atoms with van der Waals surface area (Å²) in [6.45, 7) is 0.816. The number of carbonyl (C=O) groups is 2. The lowest BCUT2D eigenvalue weighted by Crippen LogP contribution is -2.43. The van der Waals surface area contributed by atoms with E-state index in [-0.39, 0.29) is 76.2 Å². The zero-order valence-electron chi connectivity index (χ0n) is 27.2. The second-order valence-electron chi connectivity index (χ2n) is 10.2. The third-order valence-electron chi connectivity index (χ3n) is 6.86. The van der Waals surface area contributed by atoms with E-state index in [9.17, 15) is 18.0 Å². The van der Waals surface area contributed by atoms with Crippen molar-refractivity contribution in [2.24, 2.45) is 0 Å². The van der Waals surface area contributed by atoms with Gasteiger partial charge in [0.25, 0.3) is 21.8 Å². The first-order valence-corrected chi connectivity index (χ1v) is 16.9. The third-order valence-corrected chi connectivity index (χ3v) is 8.51. The van der Waals surface area contributed by atoms with Crippen LogP contribution in [-0.2, 0) is 24.3 Å². The molecular formula is C31H32ClN7O11S. The van der Waals surface area contributed by atoms with Crippen molar-refractivity contribution < 1.29 is 51.2 Å². The molecule has 0 spiro atoms. The monoisotopic (exact) mass is 745 g/mol. The van der Waals surface area contributed by atoms with Crippen molar-refractivity contribution >= 4 is 45.3 Å². The average molecular weight is 746 g/mol. The number of morpholine rings is 1. The van der Waals surface area contributed by atoms with Gasteiger partial charge < -0.3 is 38.1 Å². The number of hydrogen-bond donors (Lipinski definition) is 2. The van der Waals surface area contributed by atoms with Crippen LogP contribution < -0.4 is 33.7 Å². The lowest BCUT2D eigenvalue weighted by Gasteiger charge is -2.26. The quantitative estimate of drug-likeness (QED) is 0.167. The normalized spacial score (nSPS) is 12.7. The fraction of sp³-hybridized carbons (Fsp3) is 0.290. The van der Waals surface area contributed by atoms with Crippen molar-refractivity contribution in [1.29, 1.82) is 0 Å². The van der Waals surface area contributed by atoms with Crippen LogP contribution in [0, 0.1) is 0 Å². The summed E-state index contributed by atoms with van der Waals surface area (Å²) < 4.78 is 68.3. The number of nitrogens with zero attached hydrogens (tertiary/aromatic N) is 5. The molecule has 270 valence electrons. The Balaban J connectivity index is 1.36. The number of rotatable bonds is 15. The van der Waals surface area contributed by atoms with Crippen LogP contribution in [0.1, 0.15) is 0 Å². The zero-order valence-corrected chi connectivity index (χ0v) is 28.8. The predicted molar refractivity (Wildman–Crippen MR) is 179 cm³/mol. The summed E-state index contributed by atoms with van der Waals surface area (Å²) in [5.74, 6) is -0.296. The van der Waals surface area contributed by atoms with E-state index < -0.39 is 16.1 Å². The predicted octanol–water partition coefficient (Wildman–Crippen LogP) is 3.40. The summed E-state index contributed by atoms with van der Waals surface area (Å²) in [6.07, 6.45) is 4.40. The van der Waals surface area contributed by atoms with Gasteiger partial charge in [0.1, 0.15) is 31.0 Å². The highest BCUT2D eigenvalue weighted by Gasteiger charge is 2.25. The van der Waals surface area contributed by atoms with Gasteiger partial charge in [-0.2, -0.15) is 4.98 Å². The summed E-state index contributed by atoms with van der Waals surface area (Å²) in [4.78, 5) is 42.1. The minimum atomic E-state index is -4.41. The minimum absolute atomic E-state index is 0.0108. The van der Waals surface area contributed by atoms with Crippen LogP contribution >= 0.6 is 11.6 Å². The highest BCUT2D eigenvalue weighted by atomic mass is 35.5. The molecule has 0 atom stereocenters. The van der Waals surface area contributed by atoms with Gasteiger partial charge in [-0.1, -0.05) is 11.6 Å². The number of ether oxygens (including phenoxy) is 7. The Labute approximate surface area is 297 Å². The maximum absolute atomic E-state index is 13.7. The smallest absolute Gasteiger partial charge is 0.412 e. The van der Waals surface area contributed by atoms with Crippen molar-refractivity contribution in [1.82, 2.24) is 24.8 Å². The number of amides is 2. The van der Waals surface area contributed by atoms with Gasteiger partial charge in [-0.05, 0) is 24.3 Å². The molecule has 2 aromatic heterocycles. The van der Waals surface area contributed by atoms with E-state index in [0.717, 1.165) is 6.33 Å². The van der Waals surface area contributed by atoms with Crippen LogP contribution in [0.25, 0.3) is 0 Å². The van der Waals surface area contributed by atoms with Gasteiger partial charge >= 0.3 is 6.09 Å². The highest BCUT2D eigenvalue weighted by Crippen LogP contribution is 2.41. The molecule has 3 heterocycles. The molecule has 0 saturated carbocycles. The summed E-state index contributed by atoms with van der Waals surface area (Å²) >= 11 is 6.38. The number of benzene rings is 2. The number of anilines is 2. The Morgan fingerprint density at radius 3 is 2.51 bits per heavy atom. The second-order valence-corrected chi connectivity index (χ2v) is 12.2. The van der Waals surface area contributed by atoms with Crippen LogP contribution in [0.4, 0.5) is 16.4 Å². The van der Waals surface area contributed by atoms with Gasteiger partial charge in [0, 0.05) is 37.6 Å². The Morgan fingerprint density at radius 1 is 0.941 bits per heavy atom. The number of carbonyl (C=O) groups excluding carboxylic acids is 2. The van der Waals surface area contributed by atoms with Gasteiger partial charge in [0.15, 0.2) is 29.7 Å². The average Bonchev–Trinajstić information content (AvgIpc) is 3.14. The van der Waals surface area contributed by atoms with Crippen molar-refractivity contribution in [2.75, 3.05) is 70.4 Å². The molecule has 1 saturated heterocycles. The number of hydrogen-bond acceptors (Lipinski definition) is 15. The molecule has 0 unspecified atom stereocenters. The van der Waals surface area contributed by atoms with E-state index in [1.165, 1.54) is 63.1 Å². The van der Waals surface area contributed by atoms with Gasteiger partial charge in [-0.3, -0.25) is 19.8 Å². The van der Waals surface area contributed by atoms with E-state index in [1.54, 1.807) is 11.0 Å². The van der Waals surface area contributed by atoms with Crippen molar-refractivity contribution in [3.63, 3.8) is 0 Å². The molecule has 1 fully saturated rings. The standard InChI is InChI=1S/C31H32ClN7O11S/c1-44-20-3-5-22(32)24(15-20)50-28-29(35-19-36-30(28)47-13-14-48-31(41)37-26-17-33-7-8-34-26)38-51(42,43)21-4-6-23(45-2)25(16-21)49-18-27(40)39-9-11-46-12-10-39/h3-8,15-17,19H,9-14,18H2,1-2H3,(H,34,37,41)(H,35,36,38). The molecule has 20 heteroatoms. The lowest BCUT2D eigenvalue weighted by atomic mass is 10.3. The third kappa shape index (κ3) is 9.96. The molecule has 2 aromatic carbocycles. The molecule has 0 radical (unpaired) electrons. The van der Waals surface area contributed by atoms with Gasteiger partial charge in [0.05, 0.1) is 43.5 Å². The van der Waals surface area contributed by atoms with Crippen molar-refractivity contribution in [3.8, 4) is 34.6 Å². The summed E-state index contributed by atoms with van der Waals surface area (Å²) in [5, 5.41) is 2.55. The summed E-state index contributed by atoms with van der Waals surface area (Å²) in [5.41, 5.74) is 0. The van der Waals surface area contributed by atoms with E-state index >= 15 is 0 Å². The van der Waals surface area contributed by atoms with Gasteiger partial charge in [-0.15, -0.1) is 0 Å². The Hall–Kier alpha value is -5.66. The zero-order chi connectivity index (χ0) is 36.2. The minimum Gasteiger partial charge on any atom is -0.497 e. The molecule has 4 aromatic rings. The highest BCUT2D eigenvalue weighted by molar-refractivity contribution is 7.92. The number of aromatic nitrogens is 4. The summed E-state index contributed by atoms with van der Waals surface area (Å²) in [7, 11) is -1.59. The number of nitrogens with one attached hydrogen (secondary N) is 2. The van der Waals surface area contributed by atoms with Crippen LogP contribution in [0.5, 0.6) is 34.6 Å². The number of methoxy groups -OCH3 is 2. The fourth-order valence-electron chi connectivity index (χ4n) is 4.37. The number of halogens is 1. The van der Waals surface area contributed by atoms with E-state index in [2.05, 4.69) is 30.0 Å². The SMILES string of the molecule is COc1ccc(Cl)c(Oc2c(NS(=O)(=O)c3ccc(OC)c(OCC(=O)N4CCOCC4)c3)ncnc2OCCOC(=O)Nc2cnccn2)c1. The first-order chi connectivity index (χ1) is 24.7. The maximum atomic E-state index is 13.7. The van der Waals surface area contributed by atoms with E-state index in [4.69, 9.17) is 44.8 Å². The number of sulfonamides is 1. The van der Waals surface area contributed by atoms with Gasteiger partial charge in [-0.25, -0.2) is 23.2 Å². The van der Waals surface area contributed by atoms with Crippen LogP contribution in [-0.4, -0.2) is 106 Å². The van der Waals surface area contributed by atoms with E-state index in [0.29, 0.717) is 32.1 Å². The van der Waals surface area contributed by atoms with Crippen molar-refractivity contribution in [2.45, 2.75) is 4.90 Å². The molecule has 51 heavy (non-hydrogen) atoms. The first kappa shape index (κ1) is 36.6. The molecule has 0 bridgehead atoms. The topological polar surface area (TPSA) is 212 Å². The Morgan fingerprint density at radius 2 is 1.76 bits per heavy atom. The molecule has 1 aliphatic heterocycles. The lowest BCUT2D eigenvalue weighted by molar-refractivity contribution is -0.137. The molecule has 2 amide bonds. The largest absolute Gasteiger partial charge is 0.497 e. The molecule has 5 rings (SSSR count). The maximum Gasteiger partial charge on any atom is 0.412 e. The molecule has 18 nitrogen and oxygen atoms in total. The fourth-order valence-corrected chi connectivity index (χ4v) is 5.55. The molecule has 0 aliphatic carbocycles.